The summed E-state index contributed by atoms with van der Waals surface area (Å²) in [6.45, 7) is 4.28. The number of rotatable bonds is 5. The molecule has 0 fully saturated rings. The first-order chi connectivity index (χ1) is 13.7. The molecule has 4 heteroatoms. The van der Waals surface area contributed by atoms with Gasteiger partial charge in [-0.2, -0.15) is 0 Å². The van der Waals surface area contributed by atoms with Gasteiger partial charge >= 0.3 is 0 Å². The lowest BCUT2D eigenvalue weighted by molar-refractivity contribution is 1.12. The molecule has 0 heterocycles. The number of halogens is 1. The van der Waals surface area contributed by atoms with Crippen LogP contribution in [-0.4, -0.2) is 35.2 Å². The van der Waals surface area contributed by atoms with E-state index >= 15 is 0 Å². The Morgan fingerprint density at radius 1 is 0.621 bits per heavy atom. The zero-order chi connectivity index (χ0) is 21.3. The quantitative estimate of drug-likeness (QED) is 0.476. The number of aryl methyl sites for hydroxylation is 2. The van der Waals surface area contributed by atoms with Gasteiger partial charge in [0.15, 0.2) is 0 Å². The Morgan fingerprint density at radius 2 is 1.21 bits per heavy atom. The van der Waals surface area contributed by atoms with Crippen molar-refractivity contribution in [2.45, 2.75) is 13.8 Å². The summed E-state index contributed by atoms with van der Waals surface area (Å²) in [6.07, 6.45) is 0. The predicted molar refractivity (Wildman–Crippen MR) is 130 cm³/mol. The van der Waals surface area contributed by atoms with Crippen LogP contribution in [0.2, 0.25) is 5.02 Å². The van der Waals surface area contributed by atoms with Gasteiger partial charge in [-0.25, -0.2) is 0 Å². The second-order valence-corrected chi connectivity index (χ2v) is 8.33. The molecule has 0 aromatic heterocycles. The normalized spacial score (nSPS) is 10.8. The average molecular weight is 408 g/mol. The van der Waals surface area contributed by atoms with Crippen LogP contribution in [0.4, 0.5) is 22.7 Å². The van der Waals surface area contributed by atoms with Crippen molar-refractivity contribution in [1.82, 2.24) is 0 Å². The van der Waals surface area contributed by atoms with Crippen LogP contribution in [0.3, 0.4) is 0 Å². The van der Waals surface area contributed by atoms with Gasteiger partial charge in [0.1, 0.15) is 0 Å². The van der Waals surface area contributed by atoms with Gasteiger partial charge in [0.2, 0.25) is 0 Å². The van der Waals surface area contributed by atoms with E-state index in [-0.39, 0.29) is 0 Å². The zero-order valence-corrected chi connectivity index (χ0v) is 19.2. The van der Waals surface area contributed by atoms with E-state index < -0.39 is 0 Å². The third kappa shape index (κ3) is 4.20. The molecule has 0 atom stereocenters. The summed E-state index contributed by atoms with van der Waals surface area (Å²) in [5.74, 6) is 0. The fourth-order valence-corrected chi connectivity index (χ4v) is 3.99. The molecule has 0 aliphatic carbocycles. The summed E-state index contributed by atoms with van der Waals surface area (Å²) in [5.41, 5.74) is 9.17. The van der Waals surface area contributed by atoms with Gasteiger partial charge < -0.3 is 14.7 Å². The molecule has 3 nitrogen and oxygen atoms in total. The van der Waals surface area contributed by atoms with Gasteiger partial charge in [0.05, 0.1) is 10.7 Å². The van der Waals surface area contributed by atoms with Crippen LogP contribution < -0.4 is 14.7 Å². The highest BCUT2D eigenvalue weighted by Gasteiger charge is 2.16. The molecule has 29 heavy (non-hydrogen) atoms. The summed E-state index contributed by atoms with van der Waals surface area (Å²) >= 11 is 6.94. The Balaban J connectivity index is 2.03. The maximum Gasteiger partial charge on any atom is 0.0721 e. The van der Waals surface area contributed by atoms with Crippen LogP contribution in [0.5, 0.6) is 0 Å². The molecule has 3 rings (SSSR count). The van der Waals surface area contributed by atoms with Crippen molar-refractivity contribution in [3.63, 3.8) is 0 Å². The highest BCUT2D eigenvalue weighted by atomic mass is 35.5. The largest absolute Gasteiger partial charge is 0.378 e. The molecule has 0 radical (unpaired) electrons. The first kappa shape index (κ1) is 21.1. The number of hydrogen-bond acceptors (Lipinski definition) is 3. The average Bonchev–Trinajstić information content (AvgIpc) is 2.67. The molecular formula is C25H30ClN3. The fourth-order valence-electron chi connectivity index (χ4n) is 3.64. The maximum atomic E-state index is 6.94. The van der Waals surface area contributed by atoms with Crippen LogP contribution >= 0.6 is 11.6 Å². The predicted octanol–water partition coefficient (Wildman–Crippen LogP) is 6.52. The topological polar surface area (TPSA) is 9.72 Å². The van der Waals surface area contributed by atoms with Gasteiger partial charge in [0, 0.05) is 57.9 Å². The van der Waals surface area contributed by atoms with Crippen molar-refractivity contribution in [3.05, 3.63) is 70.7 Å². The van der Waals surface area contributed by atoms with Crippen molar-refractivity contribution in [1.29, 1.82) is 0 Å². The Kier molecular flexibility index (Phi) is 6.09. The van der Waals surface area contributed by atoms with Crippen molar-refractivity contribution >= 4 is 34.4 Å². The highest BCUT2D eigenvalue weighted by Crippen LogP contribution is 2.40. The maximum absolute atomic E-state index is 6.94. The Bertz CT molecular complexity index is 1020. The lowest BCUT2D eigenvalue weighted by Crippen LogP contribution is -2.13. The van der Waals surface area contributed by atoms with Gasteiger partial charge in [-0.05, 0) is 66.9 Å². The molecule has 3 aromatic carbocycles. The van der Waals surface area contributed by atoms with E-state index in [0.717, 1.165) is 27.5 Å². The molecule has 0 amide bonds. The minimum Gasteiger partial charge on any atom is -0.378 e. The molecule has 0 spiro atoms. The van der Waals surface area contributed by atoms with E-state index in [2.05, 4.69) is 118 Å². The minimum atomic E-state index is 0.770. The third-order valence-electron chi connectivity index (χ3n) is 5.41. The van der Waals surface area contributed by atoms with Gasteiger partial charge in [-0.15, -0.1) is 0 Å². The van der Waals surface area contributed by atoms with E-state index in [1.54, 1.807) is 0 Å². The SMILES string of the molecule is Cc1cc(N(C)C)ccc1-c1cccc(N(C)c2ccc(N(C)C)cc2C)c1Cl. The number of benzene rings is 3. The summed E-state index contributed by atoms with van der Waals surface area (Å²) in [4.78, 5) is 6.40. The molecule has 0 aliphatic heterocycles. The van der Waals surface area contributed by atoms with Crippen LogP contribution in [0.1, 0.15) is 11.1 Å². The van der Waals surface area contributed by atoms with E-state index in [1.807, 2.05) is 0 Å². The lowest BCUT2D eigenvalue weighted by atomic mass is 9.98. The summed E-state index contributed by atoms with van der Waals surface area (Å²) in [5, 5.41) is 0.770. The van der Waals surface area contributed by atoms with Gasteiger partial charge in [-0.3, -0.25) is 0 Å². The van der Waals surface area contributed by atoms with E-state index in [0.29, 0.717) is 0 Å². The second-order valence-electron chi connectivity index (χ2n) is 7.96. The fraction of sp³-hybridized carbons (Fsp3) is 0.280. The molecule has 0 unspecified atom stereocenters. The summed E-state index contributed by atoms with van der Waals surface area (Å²) < 4.78 is 0. The van der Waals surface area contributed by atoms with E-state index in [9.17, 15) is 0 Å². The van der Waals surface area contributed by atoms with Crippen LogP contribution in [0.15, 0.2) is 54.6 Å². The van der Waals surface area contributed by atoms with Crippen LogP contribution in [0.25, 0.3) is 11.1 Å². The summed E-state index contributed by atoms with van der Waals surface area (Å²) in [6, 6.07) is 19.3. The molecule has 0 saturated carbocycles. The first-order valence-electron chi connectivity index (χ1n) is 9.79. The zero-order valence-electron chi connectivity index (χ0n) is 18.4. The molecule has 0 aliphatic rings. The highest BCUT2D eigenvalue weighted by molar-refractivity contribution is 6.36. The molecular weight excluding hydrogens is 378 g/mol. The molecule has 3 aromatic rings. The first-order valence-corrected chi connectivity index (χ1v) is 10.2. The van der Waals surface area contributed by atoms with Crippen molar-refractivity contribution < 1.29 is 0 Å². The van der Waals surface area contributed by atoms with Gasteiger partial charge in [-0.1, -0.05) is 29.8 Å². The molecule has 0 bridgehead atoms. The Morgan fingerprint density at radius 3 is 1.76 bits per heavy atom. The molecule has 0 N–H and O–H groups in total. The van der Waals surface area contributed by atoms with E-state index in [1.165, 1.54) is 22.5 Å². The number of nitrogens with zero attached hydrogens (tertiary/aromatic N) is 3. The lowest BCUT2D eigenvalue weighted by Gasteiger charge is -2.25. The summed E-state index contributed by atoms with van der Waals surface area (Å²) in [7, 11) is 10.3. The van der Waals surface area contributed by atoms with Crippen molar-refractivity contribution in [3.8, 4) is 11.1 Å². The molecule has 0 saturated heterocycles. The van der Waals surface area contributed by atoms with Crippen molar-refractivity contribution in [2.24, 2.45) is 0 Å². The third-order valence-corrected chi connectivity index (χ3v) is 5.81. The smallest absolute Gasteiger partial charge is 0.0721 e. The van der Waals surface area contributed by atoms with E-state index in [4.69, 9.17) is 11.6 Å². The van der Waals surface area contributed by atoms with Gasteiger partial charge in [0.25, 0.3) is 0 Å². The number of anilines is 4. The molecule has 152 valence electrons. The number of hydrogen-bond donors (Lipinski definition) is 0. The monoisotopic (exact) mass is 407 g/mol. The standard InChI is InChI=1S/C25H30ClN3/c1-17-15-19(27(3)4)11-13-21(17)22-9-8-10-24(25(22)26)29(7)23-14-12-20(28(5)6)16-18(23)2/h8-16H,1-7H3. The minimum absolute atomic E-state index is 0.770. The Labute approximate surface area is 180 Å². The Hall–Kier alpha value is -2.65. The van der Waals surface area contributed by atoms with Crippen LogP contribution in [0, 0.1) is 13.8 Å². The second kappa shape index (κ2) is 8.38. The van der Waals surface area contributed by atoms with Crippen LogP contribution in [-0.2, 0) is 0 Å². The van der Waals surface area contributed by atoms with Crippen molar-refractivity contribution in [2.75, 3.05) is 49.9 Å².